The van der Waals surface area contributed by atoms with Gasteiger partial charge in [-0.1, -0.05) is 19.1 Å². The fourth-order valence-corrected chi connectivity index (χ4v) is 2.23. The average Bonchev–Trinajstić information content (AvgIpc) is 2.68. The van der Waals surface area contributed by atoms with Gasteiger partial charge in [0.1, 0.15) is 18.0 Å². The van der Waals surface area contributed by atoms with Crippen molar-refractivity contribution < 1.29 is 14.5 Å². The Hall–Kier alpha value is -1.06. The van der Waals surface area contributed by atoms with Gasteiger partial charge in [0, 0.05) is 12.0 Å². The Morgan fingerprint density at radius 3 is 2.82 bits per heavy atom. The molecule has 0 saturated heterocycles. The van der Waals surface area contributed by atoms with Gasteiger partial charge in [0.2, 0.25) is 0 Å². The van der Waals surface area contributed by atoms with Crippen LogP contribution in [0.3, 0.4) is 0 Å². The summed E-state index contributed by atoms with van der Waals surface area (Å²) in [5.41, 5.74) is 3.55. The first-order valence-electron chi connectivity index (χ1n) is 6.05. The van der Waals surface area contributed by atoms with Crippen molar-refractivity contribution in [1.29, 1.82) is 0 Å². The zero-order valence-corrected chi connectivity index (χ0v) is 11.0. The second kappa shape index (κ2) is 4.67. The molecule has 1 unspecified atom stereocenters. The standard InChI is InChI=1S/C14H20O3/c1-5-14(3)8-12-11(9-16-15-4)7-6-10(2)13(12)17-14/h6-7H,5,8-9H2,1-4H3. The highest BCUT2D eigenvalue weighted by Crippen LogP contribution is 2.41. The van der Waals surface area contributed by atoms with E-state index in [1.54, 1.807) is 0 Å². The zero-order chi connectivity index (χ0) is 12.5. The fourth-order valence-electron chi connectivity index (χ4n) is 2.23. The number of aryl methyl sites for hydroxylation is 1. The third-order valence-corrected chi connectivity index (χ3v) is 3.53. The van der Waals surface area contributed by atoms with Crippen molar-refractivity contribution in [3.8, 4) is 5.75 Å². The van der Waals surface area contributed by atoms with Crippen molar-refractivity contribution >= 4 is 0 Å². The summed E-state index contributed by atoms with van der Waals surface area (Å²) in [4.78, 5) is 9.70. The molecule has 17 heavy (non-hydrogen) atoms. The van der Waals surface area contributed by atoms with Crippen molar-refractivity contribution in [2.24, 2.45) is 0 Å². The summed E-state index contributed by atoms with van der Waals surface area (Å²) in [6.45, 7) is 6.88. The van der Waals surface area contributed by atoms with Crippen LogP contribution in [0.15, 0.2) is 12.1 Å². The molecule has 0 spiro atoms. The van der Waals surface area contributed by atoms with Crippen LogP contribution in [0.4, 0.5) is 0 Å². The largest absolute Gasteiger partial charge is 0.487 e. The highest BCUT2D eigenvalue weighted by atomic mass is 17.2. The van der Waals surface area contributed by atoms with Crippen molar-refractivity contribution in [2.45, 2.75) is 45.8 Å². The van der Waals surface area contributed by atoms with Crippen LogP contribution in [0.2, 0.25) is 0 Å². The van der Waals surface area contributed by atoms with Gasteiger partial charge in [-0.15, -0.1) is 0 Å². The Kier molecular flexibility index (Phi) is 3.40. The fraction of sp³-hybridized carbons (Fsp3) is 0.571. The third kappa shape index (κ3) is 2.31. The van der Waals surface area contributed by atoms with Crippen molar-refractivity contribution in [2.75, 3.05) is 7.11 Å². The lowest BCUT2D eigenvalue weighted by atomic mass is 9.93. The molecule has 0 amide bonds. The molecule has 0 fully saturated rings. The van der Waals surface area contributed by atoms with Crippen molar-refractivity contribution in [3.63, 3.8) is 0 Å². The third-order valence-electron chi connectivity index (χ3n) is 3.53. The van der Waals surface area contributed by atoms with Crippen molar-refractivity contribution in [1.82, 2.24) is 0 Å². The van der Waals surface area contributed by atoms with Gasteiger partial charge < -0.3 is 4.74 Å². The van der Waals surface area contributed by atoms with Gasteiger partial charge in [-0.2, -0.15) is 0 Å². The number of fused-ring (bicyclic) bond motifs is 1. The molecule has 3 nitrogen and oxygen atoms in total. The molecule has 1 aliphatic heterocycles. The topological polar surface area (TPSA) is 27.7 Å². The summed E-state index contributed by atoms with van der Waals surface area (Å²) >= 11 is 0. The van der Waals surface area contributed by atoms with E-state index in [0.717, 1.165) is 24.2 Å². The first kappa shape index (κ1) is 12.4. The lowest BCUT2D eigenvalue weighted by Gasteiger charge is -2.21. The number of hydrogen-bond donors (Lipinski definition) is 0. The number of hydrogen-bond acceptors (Lipinski definition) is 3. The summed E-state index contributed by atoms with van der Waals surface area (Å²) in [7, 11) is 1.53. The van der Waals surface area contributed by atoms with Gasteiger partial charge in [0.15, 0.2) is 0 Å². The first-order chi connectivity index (χ1) is 8.09. The maximum absolute atomic E-state index is 6.10. The maximum Gasteiger partial charge on any atom is 0.126 e. The molecule has 1 aromatic carbocycles. The van der Waals surface area contributed by atoms with Crippen LogP contribution >= 0.6 is 0 Å². The number of benzene rings is 1. The summed E-state index contributed by atoms with van der Waals surface area (Å²) in [6, 6.07) is 4.17. The quantitative estimate of drug-likeness (QED) is 0.593. The smallest absolute Gasteiger partial charge is 0.126 e. The molecule has 1 atom stereocenters. The minimum atomic E-state index is -0.0731. The Bertz CT molecular complexity index is 414. The highest BCUT2D eigenvalue weighted by Gasteiger charge is 2.35. The predicted octanol–water partition coefficient (Wildman–Crippen LogP) is 3.18. The molecule has 1 aromatic rings. The van der Waals surface area contributed by atoms with Crippen LogP contribution in [0.1, 0.15) is 37.0 Å². The first-order valence-corrected chi connectivity index (χ1v) is 6.05. The van der Waals surface area contributed by atoms with Crippen LogP contribution in [0.5, 0.6) is 5.75 Å². The van der Waals surface area contributed by atoms with Crippen LogP contribution in [0.25, 0.3) is 0 Å². The molecule has 0 N–H and O–H groups in total. The lowest BCUT2D eigenvalue weighted by Crippen LogP contribution is -2.28. The second-order valence-corrected chi connectivity index (χ2v) is 4.86. The van der Waals surface area contributed by atoms with E-state index in [2.05, 4.69) is 37.8 Å². The summed E-state index contributed by atoms with van der Waals surface area (Å²) in [5.74, 6) is 1.03. The van der Waals surface area contributed by atoms with Crippen LogP contribution in [-0.2, 0) is 22.8 Å². The minimum Gasteiger partial charge on any atom is -0.487 e. The number of rotatable bonds is 4. The van der Waals surface area contributed by atoms with E-state index in [0.29, 0.717) is 6.61 Å². The normalized spacial score (nSPS) is 22.4. The van der Waals surface area contributed by atoms with E-state index in [1.807, 2.05) is 0 Å². The van der Waals surface area contributed by atoms with Crippen LogP contribution < -0.4 is 4.74 Å². The molecular formula is C14H20O3. The van der Waals surface area contributed by atoms with E-state index in [-0.39, 0.29) is 5.60 Å². The van der Waals surface area contributed by atoms with E-state index in [1.165, 1.54) is 18.2 Å². The molecule has 0 aromatic heterocycles. The second-order valence-electron chi connectivity index (χ2n) is 4.86. The molecule has 0 bridgehead atoms. The van der Waals surface area contributed by atoms with Gasteiger partial charge in [-0.3, -0.25) is 0 Å². The van der Waals surface area contributed by atoms with E-state index in [9.17, 15) is 0 Å². The van der Waals surface area contributed by atoms with Crippen LogP contribution in [-0.4, -0.2) is 12.7 Å². The Morgan fingerprint density at radius 2 is 2.18 bits per heavy atom. The van der Waals surface area contributed by atoms with Crippen molar-refractivity contribution in [3.05, 3.63) is 28.8 Å². The molecular weight excluding hydrogens is 216 g/mol. The SMILES string of the molecule is CCC1(C)Cc2c(COOC)ccc(C)c2O1. The Balaban J connectivity index is 2.33. The highest BCUT2D eigenvalue weighted by molar-refractivity contribution is 5.49. The van der Waals surface area contributed by atoms with E-state index in [4.69, 9.17) is 9.62 Å². The molecule has 3 heteroatoms. The number of ether oxygens (including phenoxy) is 1. The summed E-state index contributed by atoms with van der Waals surface area (Å²) in [6.07, 6.45) is 1.95. The van der Waals surface area contributed by atoms with Gasteiger partial charge in [-0.05, 0) is 31.4 Å². The maximum atomic E-state index is 6.10. The molecule has 1 aliphatic rings. The minimum absolute atomic E-state index is 0.0731. The molecule has 0 aliphatic carbocycles. The van der Waals surface area contributed by atoms with Crippen LogP contribution in [0, 0.1) is 6.92 Å². The van der Waals surface area contributed by atoms with E-state index >= 15 is 0 Å². The molecule has 0 saturated carbocycles. The van der Waals surface area contributed by atoms with E-state index < -0.39 is 0 Å². The summed E-state index contributed by atoms with van der Waals surface area (Å²) in [5, 5.41) is 0. The Labute approximate surface area is 103 Å². The summed E-state index contributed by atoms with van der Waals surface area (Å²) < 4.78 is 6.10. The Morgan fingerprint density at radius 1 is 1.41 bits per heavy atom. The molecule has 2 rings (SSSR count). The molecule has 1 heterocycles. The molecule has 0 radical (unpaired) electrons. The van der Waals surface area contributed by atoms with Gasteiger partial charge in [0.25, 0.3) is 0 Å². The van der Waals surface area contributed by atoms with Gasteiger partial charge in [-0.25, -0.2) is 9.78 Å². The van der Waals surface area contributed by atoms with Gasteiger partial charge in [0.05, 0.1) is 7.11 Å². The zero-order valence-electron chi connectivity index (χ0n) is 11.0. The predicted molar refractivity (Wildman–Crippen MR) is 66.0 cm³/mol. The monoisotopic (exact) mass is 236 g/mol. The molecule has 94 valence electrons. The average molecular weight is 236 g/mol. The lowest BCUT2D eigenvalue weighted by molar-refractivity contribution is -0.282. The van der Waals surface area contributed by atoms with Gasteiger partial charge >= 0.3 is 0 Å².